The first-order valence-corrected chi connectivity index (χ1v) is 29.7. The molecule has 0 saturated heterocycles. The van der Waals surface area contributed by atoms with Gasteiger partial charge < -0.3 is 56.6 Å². The highest BCUT2D eigenvalue weighted by molar-refractivity contribution is 7.87. The number of hydrogen-bond acceptors (Lipinski definition) is 20. The molecule has 0 amide bonds. The van der Waals surface area contributed by atoms with Crippen LogP contribution in [0.2, 0.25) is 0 Å². The van der Waals surface area contributed by atoms with Gasteiger partial charge in [-0.15, -0.1) is 0 Å². The Balaban J connectivity index is 1.54. The number of benzene rings is 4. The number of aliphatic carboxylic acids is 1. The molecule has 76 heavy (non-hydrogen) atoms. The van der Waals surface area contributed by atoms with Crippen molar-refractivity contribution in [3.05, 3.63) is 83.6 Å². The first-order chi connectivity index (χ1) is 35.7. The van der Waals surface area contributed by atoms with Gasteiger partial charge in [0.2, 0.25) is 5.69 Å². The molecule has 1 unspecified atom stereocenters. The van der Waals surface area contributed by atoms with E-state index < -0.39 is 76.9 Å². The highest BCUT2D eigenvalue weighted by Gasteiger charge is 2.47. The van der Waals surface area contributed by atoms with Crippen LogP contribution in [-0.2, 0) is 84.5 Å². The maximum Gasteiger partial charge on any atom is 0.303 e. The molecule has 0 saturated carbocycles. The largest absolute Gasteiger partial charge is 0.744 e. The maximum absolute atomic E-state index is 12.8. The molecule has 4 aromatic rings. The molecule has 1 N–H and O–H groups in total. The van der Waals surface area contributed by atoms with E-state index in [2.05, 4.69) is 0 Å². The summed E-state index contributed by atoms with van der Waals surface area (Å²) >= 11 is 0. The van der Waals surface area contributed by atoms with E-state index in [0.29, 0.717) is 85.1 Å². The van der Waals surface area contributed by atoms with Crippen LogP contribution in [0.15, 0.2) is 92.0 Å². The minimum absolute atomic E-state index is 0.00228. The predicted molar refractivity (Wildman–Crippen MR) is 272 cm³/mol. The number of nitrogens with zero attached hydrogens (tertiary/aromatic N) is 2. The van der Waals surface area contributed by atoms with Crippen LogP contribution in [0.5, 0.6) is 0 Å². The van der Waals surface area contributed by atoms with E-state index in [4.69, 9.17) is 28.4 Å². The van der Waals surface area contributed by atoms with E-state index >= 15 is 0 Å². The van der Waals surface area contributed by atoms with Crippen LogP contribution in [0, 0.1) is 0 Å². The summed E-state index contributed by atoms with van der Waals surface area (Å²) in [5, 5.41) is 9.10. The summed E-state index contributed by atoms with van der Waals surface area (Å²) in [4.78, 5) is 9.58. The average molecular weight is 1140 g/mol. The first-order valence-electron chi connectivity index (χ1n) is 24.1. The zero-order valence-electron chi connectivity index (χ0n) is 42.6. The molecule has 22 nitrogen and oxygen atoms in total. The third-order valence-electron chi connectivity index (χ3n) is 13.4. The number of carbonyl (C=O) groups is 1. The molecule has 0 aromatic heterocycles. The SMILES string of the molecule is COCCOCCOCCOCCC1(C)/C(=C\C=C\C2=[N+](CCCCCC(=O)O)c3ccc4c(S(=O)(=O)[O-])cc(S(=O)(=O)[O-])cc4c3C2(C)C)N(CCOCCOC)c2ccc3c(S(=O)(=O)[O-])cc(S(=O)(=O)[O-])cc3c21. The second-order valence-electron chi connectivity index (χ2n) is 18.7. The lowest BCUT2D eigenvalue weighted by atomic mass is 9.76. The first kappa shape index (κ1) is 60.4. The number of rotatable bonds is 30. The van der Waals surface area contributed by atoms with Crippen molar-refractivity contribution in [3.63, 3.8) is 0 Å². The molecule has 2 aliphatic heterocycles. The van der Waals surface area contributed by atoms with Crippen molar-refractivity contribution in [1.29, 1.82) is 0 Å². The van der Waals surface area contributed by atoms with Crippen molar-refractivity contribution in [3.8, 4) is 0 Å². The Morgan fingerprint density at radius 2 is 1.12 bits per heavy atom. The molecule has 0 fully saturated rings. The number of ether oxygens (including phenoxy) is 6. The molecule has 1 atom stereocenters. The van der Waals surface area contributed by atoms with E-state index in [1.165, 1.54) is 19.2 Å². The van der Waals surface area contributed by atoms with Crippen LogP contribution in [0.1, 0.15) is 64.0 Å². The topological polar surface area (TPSA) is 328 Å². The monoisotopic (exact) mass is 1140 g/mol. The van der Waals surface area contributed by atoms with Crippen LogP contribution in [0.25, 0.3) is 21.5 Å². The number of anilines is 1. The van der Waals surface area contributed by atoms with Crippen molar-refractivity contribution >= 4 is 85.1 Å². The van der Waals surface area contributed by atoms with Crippen molar-refractivity contribution in [1.82, 2.24) is 0 Å². The lowest BCUT2D eigenvalue weighted by Gasteiger charge is -2.31. The lowest BCUT2D eigenvalue weighted by Crippen LogP contribution is -2.32. The van der Waals surface area contributed by atoms with Gasteiger partial charge >= 0.3 is 5.97 Å². The number of carboxylic acids is 1. The maximum atomic E-state index is 12.8. The van der Waals surface area contributed by atoms with Gasteiger partial charge in [0.15, 0.2) is 5.71 Å². The molecular weight excluding hydrogens is 1080 g/mol. The zero-order valence-corrected chi connectivity index (χ0v) is 45.9. The van der Waals surface area contributed by atoms with Crippen LogP contribution >= 0.6 is 0 Å². The summed E-state index contributed by atoms with van der Waals surface area (Å²) in [7, 11) is -18.2. The second-order valence-corrected chi connectivity index (χ2v) is 24.2. The van der Waals surface area contributed by atoms with Crippen LogP contribution in [0.3, 0.4) is 0 Å². The standard InChI is InChI=1S/C50H64N2O20S4/c1-49(2)44(51(18-8-6-7-12-46(53)54)40-15-13-36-38(47(40)49)30-34(73(55,56)57)32-42(36)75(61,62)63)10-9-11-45-50(3,17-20-69-26-27-72-29-28-71-25-23-68-5)48-39-31-35(74(58,59)60)33-43(76(64,65)66)37(39)14-16-41(48)52(45)19-21-70-24-22-67-4/h9-11,13-16,30-33H,6-8,12,17-29H2,1-5H3,(H4-,53,54,55,56,57,58,59,60,61,62,63,64,65,66)/p-3. The van der Waals surface area contributed by atoms with Gasteiger partial charge in [-0.05, 0) is 104 Å². The molecule has 2 heterocycles. The van der Waals surface area contributed by atoms with Crippen LogP contribution in [0.4, 0.5) is 11.4 Å². The molecular formula is C50H61N2O20S4-3. The van der Waals surface area contributed by atoms with E-state index in [1.54, 1.807) is 51.3 Å². The van der Waals surface area contributed by atoms with Crippen LogP contribution < -0.4 is 4.90 Å². The highest BCUT2D eigenvalue weighted by Crippen LogP contribution is 2.54. The molecule has 2 aliphatic rings. The molecule has 0 bridgehead atoms. The molecule has 0 radical (unpaired) electrons. The Kier molecular flexibility index (Phi) is 19.8. The lowest BCUT2D eigenvalue weighted by molar-refractivity contribution is -0.438. The summed E-state index contributed by atoms with van der Waals surface area (Å²) in [6, 6.07) is 9.11. The molecule has 26 heteroatoms. The quantitative estimate of drug-likeness (QED) is 0.0423. The normalized spacial score (nSPS) is 17.5. The molecule has 418 valence electrons. The molecule has 4 aromatic carbocycles. The fourth-order valence-electron chi connectivity index (χ4n) is 9.89. The third-order valence-corrected chi connectivity index (χ3v) is 16.7. The van der Waals surface area contributed by atoms with Gasteiger partial charge in [0.25, 0.3) is 0 Å². The Morgan fingerprint density at radius 3 is 1.63 bits per heavy atom. The summed E-state index contributed by atoms with van der Waals surface area (Å²) in [6.45, 7) is 8.24. The van der Waals surface area contributed by atoms with Crippen molar-refractivity contribution < 1.29 is 94.8 Å². The summed E-state index contributed by atoms with van der Waals surface area (Å²) in [5.41, 5.74) is 0.486. The number of methoxy groups -OCH3 is 2. The molecule has 0 aliphatic carbocycles. The minimum Gasteiger partial charge on any atom is -0.744 e. The third kappa shape index (κ3) is 13.9. The van der Waals surface area contributed by atoms with Crippen molar-refractivity contribution in [2.24, 2.45) is 0 Å². The number of carboxylic acid groups (broad SMARTS) is 1. The fourth-order valence-corrected chi connectivity index (χ4v) is 12.5. The van der Waals surface area contributed by atoms with Crippen molar-refractivity contribution in [2.45, 2.75) is 83.3 Å². The molecule has 6 rings (SSSR count). The van der Waals surface area contributed by atoms with Crippen LogP contribution in [-0.4, -0.2) is 167 Å². The number of allylic oxidation sites excluding steroid dienone is 4. The van der Waals surface area contributed by atoms with Gasteiger partial charge in [-0.1, -0.05) is 12.1 Å². The number of unbranched alkanes of at least 4 members (excludes halogenated alkanes) is 2. The summed E-state index contributed by atoms with van der Waals surface area (Å²) in [6.07, 6.45) is 6.62. The van der Waals surface area contributed by atoms with E-state index in [9.17, 15) is 61.8 Å². The van der Waals surface area contributed by atoms with E-state index in [-0.39, 0.29) is 93.7 Å². The van der Waals surface area contributed by atoms with Gasteiger partial charge in [-0.2, -0.15) is 4.58 Å². The Hall–Kier alpha value is -4.78. The van der Waals surface area contributed by atoms with Gasteiger partial charge in [-0.3, -0.25) is 4.79 Å². The number of fused-ring (bicyclic) bond motifs is 6. The summed E-state index contributed by atoms with van der Waals surface area (Å²) in [5.74, 6) is -0.969. The average Bonchev–Trinajstić information content (AvgIpc) is 3.72. The second kappa shape index (κ2) is 24.9. The minimum atomic E-state index is -5.37. The van der Waals surface area contributed by atoms with Gasteiger partial charge in [-0.25, -0.2) is 33.7 Å². The number of hydrogen-bond donors (Lipinski definition) is 1. The zero-order chi connectivity index (χ0) is 55.9. The van der Waals surface area contributed by atoms with Gasteiger partial charge in [0.1, 0.15) is 47.0 Å². The van der Waals surface area contributed by atoms with E-state index in [0.717, 1.165) is 12.1 Å². The van der Waals surface area contributed by atoms with Crippen molar-refractivity contribution in [2.75, 3.05) is 98.3 Å². The van der Waals surface area contributed by atoms with E-state index in [1.807, 2.05) is 16.4 Å². The Bertz CT molecular complexity index is 3370. The predicted octanol–water partition coefficient (Wildman–Crippen LogP) is 4.60. The highest BCUT2D eigenvalue weighted by atomic mass is 32.2. The fraction of sp³-hybridized carbons (Fsp3) is 0.480. The van der Waals surface area contributed by atoms with Gasteiger partial charge in [0.05, 0.1) is 84.5 Å². The summed E-state index contributed by atoms with van der Waals surface area (Å²) < 4.78 is 187. The smallest absolute Gasteiger partial charge is 0.303 e. The molecule has 0 spiro atoms. The Labute approximate surface area is 442 Å². The van der Waals surface area contributed by atoms with Gasteiger partial charge in [0, 0.05) is 80.1 Å². The Morgan fingerprint density at radius 1 is 0.618 bits per heavy atom.